The van der Waals surface area contributed by atoms with Gasteiger partial charge in [0.2, 0.25) is 31.5 Å². The normalized spacial score (nSPS) is 11.4. The highest BCUT2D eigenvalue weighted by atomic mass is 32.2. The van der Waals surface area contributed by atoms with E-state index in [0.717, 1.165) is 24.3 Å². The van der Waals surface area contributed by atoms with Gasteiger partial charge in [-0.1, -0.05) is 48.5 Å². The molecule has 0 fully saturated rings. The summed E-state index contributed by atoms with van der Waals surface area (Å²) in [5.41, 5.74) is 0.445. The lowest BCUT2D eigenvalue weighted by atomic mass is 10.2. The molecule has 0 atom stereocenters. The fourth-order valence-electron chi connectivity index (χ4n) is 4.62. The monoisotopic (exact) mass is 690 g/mol. The summed E-state index contributed by atoms with van der Waals surface area (Å²) in [6.45, 7) is -0.813. The van der Waals surface area contributed by atoms with Crippen LogP contribution in [-0.4, -0.2) is 41.7 Å². The van der Waals surface area contributed by atoms with Gasteiger partial charge in [0.05, 0.1) is 55.4 Å². The van der Waals surface area contributed by atoms with Crippen molar-refractivity contribution in [2.24, 2.45) is 0 Å². The van der Waals surface area contributed by atoms with Gasteiger partial charge in [0.1, 0.15) is 11.6 Å². The van der Waals surface area contributed by atoms with Gasteiger partial charge in [-0.3, -0.25) is 9.59 Å². The summed E-state index contributed by atoms with van der Waals surface area (Å²) in [7, 11) is -8.22. The third-order valence-electron chi connectivity index (χ3n) is 6.93. The molecule has 0 aliphatic rings. The van der Waals surface area contributed by atoms with Crippen molar-refractivity contribution in [3.05, 3.63) is 133 Å². The fourth-order valence-corrected chi connectivity index (χ4v) is 7.56. The second-order valence-corrected chi connectivity index (χ2v) is 14.1. The summed E-state index contributed by atoms with van der Waals surface area (Å²) < 4.78 is 80.9. The molecule has 5 rings (SSSR count). The number of halogens is 2. The standard InChI is InChI=1S/C34H28F2N4O6S2/c35-23-15-17-29(31(19-23)47(43,44)25-9-3-1-4-10-25)37-21-33(41)39-27-13-7-8-14-28(27)40-34(42)22-38-30-18-16-24(36)20-32(30)48(45,46)26-11-5-2-6-12-26/h1-20,37-38H,21-22H2,(H,39,41)(H,40,42). The number of rotatable bonds is 12. The van der Waals surface area contributed by atoms with Crippen LogP contribution in [0.4, 0.5) is 31.5 Å². The quantitative estimate of drug-likeness (QED) is 0.130. The minimum absolute atomic E-state index is 0.0116. The van der Waals surface area contributed by atoms with Crippen LogP contribution in [0.5, 0.6) is 0 Å². The van der Waals surface area contributed by atoms with Crippen molar-refractivity contribution in [1.82, 2.24) is 0 Å². The van der Waals surface area contributed by atoms with E-state index >= 15 is 0 Å². The summed E-state index contributed by atoms with van der Waals surface area (Å²) >= 11 is 0. The number of nitrogens with one attached hydrogen (secondary N) is 4. The number of sulfone groups is 2. The van der Waals surface area contributed by atoms with Crippen LogP contribution in [0.2, 0.25) is 0 Å². The van der Waals surface area contributed by atoms with Gasteiger partial charge >= 0.3 is 0 Å². The van der Waals surface area contributed by atoms with Gasteiger partial charge in [0.25, 0.3) is 0 Å². The molecule has 0 bridgehead atoms. The minimum Gasteiger partial charge on any atom is -0.375 e. The number of para-hydroxylation sites is 2. The molecule has 0 aromatic heterocycles. The van der Waals surface area contributed by atoms with Gasteiger partial charge in [-0.05, 0) is 72.8 Å². The number of hydrogen-bond acceptors (Lipinski definition) is 8. The van der Waals surface area contributed by atoms with E-state index in [1.54, 1.807) is 24.3 Å². The summed E-state index contributed by atoms with van der Waals surface area (Å²) in [5.74, 6) is -2.76. The predicted octanol–water partition coefficient (Wildman–Crippen LogP) is 5.73. The van der Waals surface area contributed by atoms with Crippen LogP contribution >= 0.6 is 0 Å². The van der Waals surface area contributed by atoms with Crippen LogP contribution in [0.25, 0.3) is 0 Å². The molecule has 5 aromatic rings. The highest BCUT2D eigenvalue weighted by Crippen LogP contribution is 2.30. The van der Waals surface area contributed by atoms with Gasteiger partial charge in [-0.15, -0.1) is 0 Å². The Morgan fingerprint density at radius 2 is 0.833 bits per heavy atom. The van der Waals surface area contributed by atoms with Crippen LogP contribution < -0.4 is 21.3 Å². The maximum atomic E-state index is 14.1. The molecule has 0 unspecified atom stereocenters. The molecule has 0 saturated carbocycles. The molecule has 0 heterocycles. The number of carbonyl (C=O) groups is 2. The molecule has 10 nitrogen and oxygen atoms in total. The third kappa shape index (κ3) is 7.85. The Balaban J connectivity index is 1.25. The zero-order valence-electron chi connectivity index (χ0n) is 25.0. The van der Waals surface area contributed by atoms with Crippen LogP contribution in [0.1, 0.15) is 0 Å². The van der Waals surface area contributed by atoms with Crippen molar-refractivity contribution < 1.29 is 35.2 Å². The highest BCUT2D eigenvalue weighted by molar-refractivity contribution is 7.92. The van der Waals surface area contributed by atoms with Crippen molar-refractivity contribution in [3.8, 4) is 0 Å². The Labute approximate surface area is 275 Å². The van der Waals surface area contributed by atoms with Crippen LogP contribution in [-0.2, 0) is 29.3 Å². The van der Waals surface area contributed by atoms with Crippen molar-refractivity contribution in [2.75, 3.05) is 34.4 Å². The second-order valence-electron chi connectivity index (χ2n) is 10.3. The Hall–Kier alpha value is -5.60. The number of hydrogen-bond donors (Lipinski definition) is 4. The maximum absolute atomic E-state index is 14.1. The predicted molar refractivity (Wildman–Crippen MR) is 177 cm³/mol. The molecule has 4 N–H and O–H groups in total. The van der Waals surface area contributed by atoms with E-state index in [2.05, 4.69) is 21.3 Å². The van der Waals surface area contributed by atoms with Crippen LogP contribution in [0, 0.1) is 11.6 Å². The number of anilines is 4. The van der Waals surface area contributed by atoms with Crippen LogP contribution in [0.3, 0.4) is 0 Å². The van der Waals surface area contributed by atoms with Crippen molar-refractivity contribution in [1.29, 1.82) is 0 Å². The average Bonchev–Trinajstić information content (AvgIpc) is 3.08. The number of amides is 2. The van der Waals surface area contributed by atoms with Crippen molar-refractivity contribution >= 4 is 54.2 Å². The lowest BCUT2D eigenvalue weighted by Crippen LogP contribution is -2.25. The topological polar surface area (TPSA) is 151 Å². The summed E-state index contributed by atoms with van der Waals surface area (Å²) in [5, 5.41) is 10.7. The summed E-state index contributed by atoms with van der Waals surface area (Å²) in [6, 6.07) is 27.5. The zero-order chi connectivity index (χ0) is 34.3. The minimum atomic E-state index is -4.11. The largest absolute Gasteiger partial charge is 0.375 e. The van der Waals surface area contributed by atoms with E-state index in [-0.39, 0.29) is 42.3 Å². The molecule has 2 amide bonds. The molecular formula is C34H28F2N4O6S2. The number of benzene rings is 5. The first-order valence-electron chi connectivity index (χ1n) is 14.3. The van der Waals surface area contributed by atoms with Crippen molar-refractivity contribution in [2.45, 2.75) is 19.6 Å². The third-order valence-corrected chi connectivity index (χ3v) is 10.5. The Morgan fingerprint density at radius 1 is 0.479 bits per heavy atom. The molecule has 246 valence electrons. The van der Waals surface area contributed by atoms with Gasteiger partial charge in [-0.25, -0.2) is 25.6 Å². The van der Waals surface area contributed by atoms with E-state index in [0.29, 0.717) is 0 Å². The molecule has 0 spiro atoms. The molecule has 5 aromatic carbocycles. The lowest BCUT2D eigenvalue weighted by molar-refractivity contribution is -0.115. The first-order chi connectivity index (χ1) is 22.9. The molecule has 14 heteroatoms. The van der Waals surface area contributed by atoms with Gasteiger partial charge in [0.15, 0.2) is 0 Å². The smallest absolute Gasteiger partial charge is 0.243 e. The molecule has 0 aliphatic heterocycles. The Kier molecular flexibility index (Phi) is 10.2. The van der Waals surface area contributed by atoms with E-state index in [4.69, 9.17) is 0 Å². The van der Waals surface area contributed by atoms with E-state index < -0.39 is 56.2 Å². The summed E-state index contributed by atoms with van der Waals surface area (Å²) in [4.78, 5) is 25.0. The maximum Gasteiger partial charge on any atom is 0.243 e. The van der Waals surface area contributed by atoms with Gasteiger partial charge < -0.3 is 21.3 Å². The Morgan fingerprint density at radius 3 is 1.21 bits per heavy atom. The van der Waals surface area contributed by atoms with E-state index in [1.165, 1.54) is 72.8 Å². The highest BCUT2D eigenvalue weighted by Gasteiger charge is 2.24. The molecule has 0 radical (unpaired) electrons. The van der Waals surface area contributed by atoms with Gasteiger partial charge in [-0.2, -0.15) is 0 Å². The first kappa shape index (κ1) is 33.8. The average molecular weight is 691 g/mol. The SMILES string of the molecule is O=C(CNc1ccc(F)cc1S(=O)(=O)c1ccccc1)Nc1ccccc1NC(=O)CNc1ccc(F)cc1S(=O)(=O)c1ccccc1. The molecule has 0 aliphatic carbocycles. The first-order valence-corrected chi connectivity index (χ1v) is 17.3. The zero-order valence-corrected chi connectivity index (χ0v) is 26.6. The van der Waals surface area contributed by atoms with Crippen LogP contribution in [0.15, 0.2) is 141 Å². The van der Waals surface area contributed by atoms with E-state index in [9.17, 15) is 35.2 Å². The number of carbonyl (C=O) groups excluding carboxylic acids is 2. The van der Waals surface area contributed by atoms with E-state index in [1.807, 2.05) is 0 Å². The molecule has 48 heavy (non-hydrogen) atoms. The fraction of sp³-hybridized carbons (Fsp3) is 0.0588. The van der Waals surface area contributed by atoms with Gasteiger partial charge in [0, 0.05) is 0 Å². The molecule has 0 saturated heterocycles. The van der Waals surface area contributed by atoms with Crippen molar-refractivity contribution in [3.63, 3.8) is 0 Å². The Bertz CT molecular complexity index is 2030. The second kappa shape index (κ2) is 14.4. The lowest BCUT2D eigenvalue weighted by Gasteiger charge is -2.16. The molecular weight excluding hydrogens is 663 g/mol. The summed E-state index contributed by atoms with van der Waals surface area (Å²) in [6.07, 6.45) is 0.